The van der Waals surface area contributed by atoms with Crippen LogP contribution < -0.4 is 0 Å². The van der Waals surface area contributed by atoms with E-state index < -0.39 is 0 Å². The van der Waals surface area contributed by atoms with E-state index in [2.05, 4.69) is 10.1 Å². The number of rotatable bonds is 6. The van der Waals surface area contributed by atoms with Gasteiger partial charge in [0.25, 0.3) is 0 Å². The minimum absolute atomic E-state index is 0.114. The van der Waals surface area contributed by atoms with Crippen molar-refractivity contribution < 1.29 is 14.1 Å². The molecule has 0 aliphatic carbocycles. The van der Waals surface area contributed by atoms with Crippen LogP contribution in [0, 0.1) is 0 Å². The van der Waals surface area contributed by atoms with Crippen LogP contribution in [0.5, 0.6) is 0 Å². The number of hydrogen-bond acceptors (Lipinski definition) is 5. The van der Waals surface area contributed by atoms with Gasteiger partial charge < -0.3 is 19.1 Å². The third-order valence-corrected chi connectivity index (χ3v) is 4.51. The van der Waals surface area contributed by atoms with Gasteiger partial charge in [-0.2, -0.15) is 0 Å². The van der Waals surface area contributed by atoms with E-state index in [4.69, 9.17) is 9.26 Å². The third kappa shape index (κ3) is 3.94. The average molecular weight is 331 g/mol. The minimum atomic E-state index is 0.114. The average Bonchev–Trinajstić information content (AvgIpc) is 2.99. The molecular formula is C18H25N3O3. The molecule has 1 saturated heterocycles. The van der Waals surface area contributed by atoms with Crippen molar-refractivity contribution in [2.24, 2.45) is 0 Å². The number of aromatic nitrogens is 1. The van der Waals surface area contributed by atoms with E-state index in [1.807, 2.05) is 43.3 Å². The summed E-state index contributed by atoms with van der Waals surface area (Å²) in [5.74, 6) is 0.114. The van der Waals surface area contributed by atoms with Crippen LogP contribution in [0.3, 0.4) is 0 Å². The molecule has 6 nitrogen and oxygen atoms in total. The van der Waals surface area contributed by atoms with Crippen molar-refractivity contribution in [3.05, 3.63) is 30.0 Å². The van der Waals surface area contributed by atoms with Crippen molar-refractivity contribution in [1.29, 1.82) is 0 Å². The zero-order valence-electron chi connectivity index (χ0n) is 14.4. The highest BCUT2D eigenvalue weighted by Gasteiger charge is 2.26. The summed E-state index contributed by atoms with van der Waals surface area (Å²) >= 11 is 0. The van der Waals surface area contributed by atoms with Gasteiger partial charge in [0.05, 0.1) is 6.42 Å². The molecule has 130 valence electrons. The summed E-state index contributed by atoms with van der Waals surface area (Å²) in [5, 5.41) is 5.02. The molecule has 0 atom stereocenters. The molecule has 2 aromatic rings. The molecule has 1 amide bonds. The van der Waals surface area contributed by atoms with Crippen LogP contribution in [0.25, 0.3) is 11.0 Å². The van der Waals surface area contributed by atoms with E-state index in [0.717, 1.165) is 55.8 Å². The Labute approximate surface area is 142 Å². The number of ether oxygens (including phenoxy) is 1. The maximum atomic E-state index is 13.0. The molecular weight excluding hydrogens is 306 g/mol. The van der Waals surface area contributed by atoms with Gasteiger partial charge in [-0.1, -0.05) is 17.3 Å². The lowest BCUT2D eigenvalue weighted by molar-refractivity contribution is -0.135. The smallest absolute Gasteiger partial charge is 0.229 e. The zero-order chi connectivity index (χ0) is 16.9. The highest BCUT2D eigenvalue weighted by molar-refractivity contribution is 5.86. The van der Waals surface area contributed by atoms with Gasteiger partial charge in [0.2, 0.25) is 5.91 Å². The molecule has 0 unspecified atom stereocenters. The van der Waals surface area contributed by atoms with Gasteiger partial charge in [-0.15, -0.1) is 0 Å². The fraction of sp³-hybridized carbons (Fsp3) is 0.556. The molecule has 0 spiro atoms. The zero-order valence-corrected chi connectivity index (χ0v) is 14.4. The predicted octanol–water partition coefficient (Wildman–Crippen LogP) is 1.94. The summed E-state index contributed by atoms with van der Waals surface area (Å²) in [5.41, 5.74) is 1.45. The second-order valence-electron chi connectivity index (χ2n) is 6.54. The van der Waals surface area contributed by atoms with Crippen LogP contribution in [0.15, 0.2) is 28.8 Å². The first-order valence-electron chi connectivity index (χ1n) is 8.50. The Hall–Kier alpha value is -1.92. The SMILES string of the molecule is CN(C)CCN(C(=O)Cc1noc2ccccc12)C1CCOCC1. The summed E-state index contributed by atoms with van der Waals surface area (Å²) in [6.45, 7) is 3.03. The molecule has 1 aromatic heterocycles. The highest BCUT2D eigenvalue weighted by Crippen LogP contribution is 2.21. The van der Waals surface area contributed by atoms with Gasteiger partial charge >= 0.3 is 0 Å². The predicted molar refractivity (Wildman–Crippen MR) is 91.8 cm³/mol. The van der Waals surface area contributed by atoms with Gasteiger partial charge in [-0.3, -0.25) is 4.79 Å². The van der Waals surface area contributed by atoms with Crippen molar-refractivity contribution >= 4 is 16.9 Å². The quantitative estimate of drug-likeness (QED) is 0.810. The molecule has 2 heterocycles. The molecule has 3 rings (SSSR count). The number of para-hydroxylation sites is 1. The number of fused-ring (bicyclic) bond motifs is 1. The second kappa shape index (κ2) is 7.77. The first-order chi connectivity index (χ1) is 11.6. The summed E-state index contributed by atoms with van der Waals surface area (Å²) in [6.07, 6.45) is 2.08. The molecule has 1 aliphatic rings. The van der Waals surface area contributed by atoms with E-state index in [1.54, 1.807) is 0 Å². The molecule has 0 saturated carbocycles. The molecule has 24 heavy (non-hydrogen) atoms. The summed E-state index contributed by atoms with van der Waals surface area (Å²) < 4.78 is 10.8. The minimum Gasteiger partial charge on any atom is -0.381 e. The topological polar surface area (TPSA) is 58.8 Å². The molecule has 6 heteroatoms. The van der Waals surface area contributed by atoms with Gasteiger partial charge in [-0.25, -0.2) is 0 Å². The van der Waals surface area contributed by atoms with E-state index in [-0.39, 0.29) is 18.4 Å². The van der Waals surface area contributed by atoms with Crippen molar-refractivity contribution in [2.75, 3.05) is 40.4 Å². The molecule has 0 N–H and O–H groups in total. The number of hydrogen-bond donors (Lipinski definition) is 0. The summed E-state index contributed by atoms with van der Waals surface area (Å²) in [4.78, 5) is 17.1. The standard InChI is InChI=1S/C18H25N3O3/c1-20(2)9-10-21(14-7-11-23-12-8-14)18(22)13-16-15-5-3-4-6-17(15)24-19-16/h3-6,14H,7-13H2,1-2H3. The number of benzene rings is 1. The van der Waals surface area contributed by atoms with Crippen LogP contribution in [0.4, 0.5) is 0 Å². The maximum Gasteiger partial charge on any atom is 0.229 e. The highest BCUT2D eigenvalue weighted by atomic mass is 16.5. The van der Waals surface area contributed by atoms with E-state index in [1.165, 1.54) is 0 Å². The van der Waals surface area contributed by atoms with Crippen LogP contribution in [0.2, 0.25) is 0 Å². The normalized spacial score (nSPS) is 16.0. The fourth-order valence-electron chi connectivity index (χ4n) is 3.13. The Balaban J connectivity index is 1.74. The number of amides is 1. The van der Waals surface area contributed by atoms with Crippen LogP contribution >= 0.6 is 0 Å². The monoisotopic (exact) mass is 331 g/mol. The Kier molecular flexibility index (Phi) is 5.48. The number of likely N-dealkylation sites (N-methyl/N-ethyl adjacent to an activating group) is 1. The number of nitrogens with zero attached hydrogens (tertiary/aromatic N) is 3. The molecule has 1 aliphatic heterocycles. The van der Waals surface area contributed by atoms with E-state index in [0.29, 0.717) is 0 Å². The molecule has 0 radical (unpaired) electrons. The van der Waals surface area contributed by atoms with Crippen LogP contribution in [-0.4, -0.2) is 67.3 Å². The molecule has 1 aromatic carbocycles. The van der Waals surface area contributed by atoms with E-state index >= 15 is 0 Å². The van der Waals surface area contributed by atoms with Crippen molar-refractivity contribution in [3.8, 4) is 0 Å². The summed E-state index contributed by atoms with van der Waals surface area (Å²) in [6, 6.07) is 7.93. The maximum absolute atomic E-state index is 13.0. The fourth-order valence-corrected chi connectivity index (χ4v) is 3.13. The largest absolute Gasteiger partial charge is 0.381 e. The van der Waals surface area contributed by atoms with Crippen molar-refractivity contribution in [1.82, 2.24) is 15.0 Å². The Morgan fingerprint density at radius 3 is 2.71 bits per heavy atom. The van der Waals surface area contributed by atoms with Crippen LogP contribution in [-0.2, 0) is 16.0 Å². The van der Waals surface area contributed by atoms with Gasteiger partial charge in [0, 0.05) is 37.7 Å². The second-order valence-corrected chi connectivity index (χ2v) is 6.54. The Morgan fingerprint density at radius 1 is 1.21 bits per heavy atom. The van der Waals surface area contributed by atoms with Crippen molar-refractivity contribution in [2.45, 2.75) is 25.3 Å². The molecule has 1 fully saturated rings. The Bertz CT molecular complexity index is 677. The van der Waals surface area contributed by atoms with Crippen molar-refractivity contribution in [3.63, 3.8) is 0 Å². The summed E-state index contributed by atoms with van der Waals surface area (Å²) in [7, 11) is 4.05. The first kappa shape index (κ1) is 16.9. The lowest BCUT2D eigenvalue weighted by atomic mass is 10.1. The first-order valence-corrected chi connectivity index (χ1v) is 8.50. The third-order valence-electron chi connectivity index (χ3n) is 4.51. The number of carbonyl (C=O) groups is 1. The lowest BCUT2D eigenvalue weighted by Crippen LogP contribution is -2.46. The van der Waals surface area contributed by atoms with E-state index in [9.17, 15) is 4.79 Å². The van der Waals surface area contributed by atoms with Gasteiger partial charge in [0.1, 0.15) is 5.69 Å². The number of carbonyl (C=O) groups excluding carboxylic acids is 1. The van der Waals surface area contributed by atoms with Gasteiger partial charge in [-0.05, 0) is 39.1 Å². The van der Waals surface area contributed by atoms with Gasteiger partial charge in [0.15, 0.2) is 5.58 Å². The Morgan fingerprint density at radius 2 is 1.96 bits per heavy atom. The van der Waals surface area contributed by atoms with Crippen LogP contribution in [0.1, 0.15) is 18.5 Å². The molecule has 0 bridgehead atoms. The lowest BCUT2D eigenvalue weighted by Gasteiger charge is -2.35.